The third kappa shape index (κ3) is 2.49. The Labute approximate surface area is 68.5 Å². The molecule has 1 rings (SSSR count). The maximum atomic E-state index is 11.1. The molecular formula is C10H16O. The molecule has 0 aromatic rings. The Morgan fingerprint density at radius 3 is 2.64 bits per heavy atom. The fraction of sp³-hybridized carbons (Fsp3) is 0.700. The highest BCUT2D eigenvalue weighted by molar-refractivity contribution is 5.97. The van der Waals surface area contributed by atoms with Gasteiger partial charge in [0.1, 0.15) is 0 Å². The van der Waals surface area contributed by atoms with Crippen LogP contribution >= 0.6 is 0 Å². The molecule has 11 heavy (non-hydrogen) atoms. The molecule has 0 amide bonds. The Morgan fingerprint density at radius 2 is 2.18 bits per heavy atom. The summed E-state index contributed by atoms with van der Waals surface area (Å²) in [6.45, 7) is 4.35. The Hall–Kier alpha value is -0.590. The number of ketones is 1. The van der Waals surface area contributed by atoms with E-state index in [0.717, 1.165) is 31.3 Å². The van der Waals surface area contributed by atoms with Gasteiger partial charge in [0, 0.05) is 6.42 Å². The van der Waals surface area contributed by atoms with Crippen LogP contribution in [0.2, 0.25) is 0 Å². The SMILES string of the molecule is CC(C)C/C=C1\CCCC1=O. The van der Waals surface area contributed by atoms with E-state index >= 15 is 0 Å². The van der Waals surface area contributed by atoms with Gasteiger partial charge in [-0.1, -0.05) is 19.9 Å². The Balaban J connectivity index is 2.45. The van der Waals surface area contributed by atoms with E-state index in [1.807, 2.05) is 0 Å². The molecule has 0 atom stereocenters. The van der Waals surface area contributed by atoms with Crippen molar-refractivity contribution in [2.45, 2.75) is 39.5 Å². The standard InChI is InChI=1S/C10H16O/c1-8(2)6-7-9-4-3-5-10(9)11/h7-8H,3-6H2,1-2H3/b9-7+. The molecule has 1 nitrogen and oxygen atoms in total. The van der Waals surface area contributed by atoms with Gasteiger partial charge in [-0.15, -0.1) is 0 Å². The predicted octanol–water partition coefficient (Wildman–Crippen LogP) is 2.71. The van der Waals surface area contributed by atoms with Gasteiger partial charge >= 0.3 is 0 Å². The van der Waals surface area contributed by atoms with Crippen LogP contribution in [0.25, 0.3) is 0 Å². The summed E-state index contributed by atoms with van der Waals surface area (Å²) in [5.74, 6) is 1.06. The lowest BCUT2D eigenvalue weighted by Gasteiger charge is -1.98. The number of hydrogen-bond acceptors (Lipinski definition) is 1. The van der Waals surface area contributed by atoms with E-state index in [1.165, 1.54) is 0 Å². The van der Waals surface area contributed by atoms with Crippen molar-refractivity contribution < 1.29 is 4.79 Å². The maximum Gasteiger partial charge on any atom is 0.158 e. The first-order valence-electron chi connectivity index (χ1n) is 4.42. The van der Waals surface area contributed by atoms with Gasteiger partial charge < -0.3 is 0 Å². The molecule has 1 saturated carbocycles. The molecule has 0 bridgehead atoms. The zero-order valence-electron chi connectivity index (χ0n) is 7.39. The average molecular weight is 152 g/mol. The van der Waals surface area contributed by atoms with Crippen molar-refractivity contribution in [2.24, 2.45) is 5.92 Å². The average Bonchev–Trinajstić information content (AvgIpc) is 2.31. The van der Waals surface area contributed by atoms with Crippen LogP contribution in [0.5, 0.6) is 0 Å². The number of rotatable bonds is 2. The molecule has 0 aromatic heterocycles. The Bertz CT molecular complexity index is 177. The molecule has 1 heteroatoms. The molecule has 0 spiro atoms. The molecule has 0 aliphatic heterocycles. The molecule has 1 fully saturated rings. The van der Waals surface area contributed by atoms with Gasteiger partial charge in [0.25, 0.3) is 0 Å². The molecule has 0 aromatic carbocycles. The van der Waals surface area contributed by atoms with Gasteiger partial charge in [0.15, 0.2) is 5.78 Å². The normalized spacial score (nSPS) is 22.1. The number of Topliss-reactive ketones (excluding diaryl/α,β-unsaturated/α-hetero) is 1. The van der Waals surface area contributed by atoms with Gasteiger partial charge in [0.2, 0.25) is 0 Å². The zero-order chi connectivity index (χ0) is 8.27. The molecule has 1 aliphatic carbocycles. The summed E-state index contributed by atoms with van der Waals surface area (Å²) >= 11 is 0. The van der Waals surface area contributed by atoms with Crippen LogP contribution < -0.4 is 0 Å². The number of hydrogen-bond donors (Lipinski definition) is 0. The first kappa shape index (κ1) is 8.51. The summed E-state index contributed by atoms with van der Waals surface area (Å²) in [7, 11) is 0. The molecule has 0 saturated heterocycles. The van der Waals surface area contributed by atoms with Gasteiger partial charge in [-0.05, 0) is 30.8 Å². The number of carbonyl (C=O) groups is 1. The second-order valence-corrected chi connectivity index (χ2v) is 3.64. The largest absolute Gasteiger partial charge is 0.295 e. The van der Waals surface area contributed by atoms with Crippen LogP contribution in [0.1, 0.15) is 39.5 Å². The lowest BCUT2D eigenvalue weighted by Crippen LogP contribution is -1.92. The Morgan fingerprint density at radius 1 is 1.45 bits per heavy atom. The molecule has 0 unspecified atom stereocenters. The lowest BCUT2D eigenvalue weighted by molar-refractivity contribution is -0.114. The second kappa shape index (κ2) is 3.70. The molecule has 0 radical (unpaired) electrons. The summed E-state index contributed by atoms with van der Waals surface area (Å²) in [5, 5.41) is 0. The van der Waals surface area contributed by atoms with Crippen molar-refractivity contribution in [3.05, 3.63) is 11.6 Å². The summed E-state index contributed by atoms with van der Waals surface area (Å²) in [5.41, 5.74) is 1.08. The van der Waals surface area contributed by atoms with Crippen LogP contribution in [0, 0.1) is 5.92 Å². The zero-order valence-corrected chi connectivity index (χ0v) is 7.39. The van der Waals surface area contributed by atoms with E-state index in [1.54, 1.807) is 0 Å². The molecule has 0 N–H and O–H groups in total. The van der Waals surface area contributed by atoms with E-state index in [0.29, 0.717) is 11.7 Å². The van der Waals surface area contributed by atoms with Crippen molar-refractivity contribution in [1.82, 2.24) is 0 Å². The minimum absolute atomic E-state index is 0.380. The van der Waals surface area contributed by atoms with E-state index in [-0.39, 0.29) is 0 Å². The number of allylic oxidation sites excluding steroid dienone is 2. The third-order valence-electron chi connectivity index (χ3n) is 2.04. The van der Waals surface area contributed by atoms with Crippen LogP contribution in [-0.2, 0) is 4.79 Å². The highest BCUT2D eigenvalue weighted by atomic mass is 16.1. The lowest BCUT2D eigenvalue weighted by atomic mass is 10.1. The van der Waals surface area contributed by atoms with Crippen LogP contribution in [0.15, 0.2) is 11.6 Å². The van der Waals surface area contributed by atoms with Crippen LogP contribution in [-0.4, -0.2) is 5.78 Å². The van der Waals surface area contributed by atoms with Crippen molar-refractivity contribution in [3.8, 4) is 0 Å². The quantitative estimate of drug-likeness (QED) is 0.556. The number of carbonyl (C=O) groups excluding carboxylic acids is 1. The third-order valence-corrected chi connectivity index (χ3v) is 2.04. The van der Waals surface area contributed by atoms with E-state index in [4.69, 9.17) is 0 Å². The Kier molecular flexibility index (Phi) is 2.86. The van der Waals surface area contributed by atoms with Crippen molar-refractivity contribution in [1.29, 1.82) is 0 Å². The van der Waals surface area contributed by atoms with Gasteiger partial charge in [-0.25, -0.2) is 0 Å². The minimum Gasteiger partial charge on any atom is -0.295 e. The highest BCUT2D eigenvalue weighted by Crippen LogP contribution is 2.21. The first-order valence-corrected chi connectivity index (χ1v) is 4.42. The predicted molar refractivity (Wildman–Crippen MR) is 46.4 cm³/mol. The maximum absolute atomic E-state index is 11.1. The smallest absolute Gasteiger partial charge is 0.158 e. The summed E-state index contributed by atoms with van der Waals surface area (Å²) in [4.78, 5) is 11.1. The van der Waals surface area contributed by atoms with Crippen LogP contribution in [0.4, 0.5) is 0 Å². The summed E-state index contributed by atoms with van der Waals surface area (Å²) in [6.07, 6.45) is 6.05. The second-order valence-electron chi connectivity index (χ2n) is 3.64. The van der Waals surface area contributed by atoms with Crippen molar-refractivity contribution in [3.63, 3.8) is 0 Å². The van der Waals surface area contributed by atoms with E-state index in [9.17, 15) is 4.79 Å². The van der Waals surface area contributed by atoms with Gasteiger partial charge in [-0.2, -0.15) is 0 Å². The first-order chi connectivity index (χ1) is 5.20. The highest BCUT2D eigenvalue weighted by Gasteiger charge is 2.15. The van der Waals surface area contributed by atoms with E-state index < -0.39 is 0 Å². The summed E-state index contributed by atoms with van der Waals surface area (Å²) in [6, 6.07) is 0. The minimum atomic E-state index is 0.380. The van der Waals surface area contributed by atoms with Crippen molar-refractivity contribution >= 4 is 5.78 Å². The molecule has 62 valence electrons. The van der Waals surface area contributed by atoms with Gasteiger partial charge in [0.05, 0.1) is 0 Å². The topological polar surface area (TPSA) is 17.1 Å². The molecule has 0 heterocycles. The molecular weight excluding hydrogens is 136 g/mol. The fourth-order valence-electron chi connectivity index (χ4n) is 1.33. The fourth-order valence-corrected chi connectivity index (χ4v) is 1.33. The van der Waals surface area contributed by atoms with Gasteiger partial charge in [-0.3, -0.25) is 4.79 Å². The van der Waals surface area contributed by atoms with E-state index in [2.05, 4.69) is 19.9 Å². The van der Waals surface area contributed by atoms with Crippen molar-refractivity contribution in [2.75, 3.05) is 0 Å². The monoisotopic (exact) mass is 152 g/mol. The van der Waals surface area contributed by atoms with Crippen LogP contribution in [0.3, 0.4) is 0 Å². The summed E-state index contributed by atoms with van der Waals surface area (Å²) < 4.78 is 0. The molecule has 1 aliphatic rings.